The van der Waals surface area contributed by atoms with E-state index < -0.39 is 11.7 Å². The maximum absolute atomic E-state index is 12.7. The quantitative estimate of drug-likeness (QED) is 0.656. The fourth-order valence-electron chi connectivity index (χ4n) is 3.87. The molecule has 0 saturated carbocycles. The zero-order chi connectivity index (χ0) is 22.9. The van der Waals surface area contributed by atoms with Crippen LogP contribution in [-0.2, 0) is 6.18 Å². The summed E-state index contributed by atoms with van der Waals surface area (Å²) < 4.78 is 39.9. The Bertz CT molecular complexity index is 1090. The molecule has 32 heavy (non-hydrogen) atoms. The molecule has 0 spiro atoms. The number of nitrogens with one attached hydrogen (secondary N) is 1. The van der Waals surface area contributed by atoms with Crippen LogP contribution < -0.4 is 10.2 Å². The lowest BCUT2D eigenvalue weighted by atomic mass is 10.2. The van der Waals surface area contributed by atoms with Gasteiger partial charge in [-0.2, -0.15) is 18.3 Å². The van der Waals surface area contributed by atoms with Gasteiger partial charge < -0.3 is 15.1 Å². The van der Waals surface area contributed by atoms with Crippen LogP contribution in [0.3, 0.4) is 0 Å². The van der Waals surface area contributed by atoms with Gasteiger partial charge in [-0.3, -0.25) is 0 Å². The number of anilines is 2. The van der Waals surface area contributed by atoms with Crippen molar-refractivity contribution in [1.82, 2.24) is 19.7 Å². The number of carbonyl (C=O) groups excluding carboxylic acids is 1. The number of halogens is 3. The number of amides is 2. The minimum absolute atomic E-state index is 0.328. The van der Waals surface area contributed by atoms with E-state index in [2.05, 4.69) is 20.3 Å². The van der Waals surface area contributed by atoms with Crippen molar-refractivity contribution >= 4 is 17.4 Å². The molecule has 10 heteroatoms. The second kappa shape index (κ2) is 8.52. The first kappa shape index (κ1) is 21.7. The summed E-state index contributed by atoms with van der Waals surface area (Å²) in [5, 5.41) is 7.30. The second-order valence-electron chi connectivity index (χ2n) is 7.60. The molecule has 1 fully saturated rings. The Kier molecular flexibility index (Phi) is 5.77. The number of aryl methyl sites for hydroxylation is 1. The van der Waals surface area contributed by atoms with Crippen LogP contribution in [-0.4, -0.2) is 51.9 Å². The van der Waals surface area contributed by atoms with Crippen LogP contribution in [0.2, 0.25) is 0 Å². The summed E-state index contributed by atoms with van der Waals surface area (Å²) in [6.07, 6.45) is -2.68. The lowest BCUT2D eigenvalue weighted by Crippen LogP contribution is -2.50. The highest BCUT2D eigenvalue weighted by molar-refractivity contribution is 5.89. The number of urea groups is 1. The van der Waals surface area contributed by atoms with Crippen molar-refractivity contribution in [3.05, 3.63) is 65.6 Å². The van der Waals surface area contributed by atoms with E-state index >= 15 is 0 Å². The number of alkyl halides is 3. The summed E-state index contributed by atoms with van der Waals surface area (Å²) in [7, 11) is 0. The first-order chi connectivity index (χ1) is 15.2. The van der Waals surface area contributed by atoms with Crippen LogP contribution in [0.1, 0.15) is 17.0 Å². The molecule has 0 unspecified atom stereocenters. The number of benzene rings is 1. The molecule has 3 heterocycles. The SMILES string of the molecule is Cc1nn(-c2ccccn2)c(C)c1N1CCN(C(=O)Nc2ccc(C(F)(F)F)cc2)CC1. The minimum Gasteiger partial charge on any atom is -0.365 e. The smallest absolute Gasteiger partial charge is 0.365 e. The Labute approximate surface area is 183 Å². The van der Waals surface area contributed by atoms with Gasteiger partial charge in [0.1, 0.15) is 0 Å². The molecule has 1 saturated heterocycles. The molecule has 2 amide bonds. The van der Waals surface area contributed by atoms with Gasteiger partial charge in [-0.15, -0.1) is 0 Å². The van der Waals surface area contributed by atoms with Crippen LogP contribution in [0.4, 0.5) is 29.3 Å². The molecule has 4 rings (SSSR count). The van der Waals surface area contributed by atoms with Crippen LogP contribution in [0, 0.1) is 13.8 Å². The number of piperazine rings is 1. The number of hydrogen-bond acceptors (Lipinski definition) is 4. The Balaban J connectivity index is 1.39. The highest BCUT2D eigenvalue weighted by Gasteiger charge is 2.30. The van der Waals surface area contributed by atoms with E-state index in [9.17, 15) is 18.0 Å². The molecule has 2 aromatic heterocycles. The lowest BCUT2D eigenvalue weighted by molar-refractivity contribution is -0.137. The number of aromatic nitrogens is 3. The molecule has 0 radical (unpaired) electrons. The number of rotatable bonds is 3. The maximum atomic E-state index is 12.7. The van der Waals surface area contributed by atoms with E-state index in [0.29, 0.717) is 31.9 Å². The van der Waals surface area contributed by atoms with Gasteiger partial charge in [0.2, 0.25) is 0 Å². The molecular formula is C22H23F3N6O. The zero-order valence-corrected chi connectivity index (χ0v) is 17.7. The van der Waals surface area contributed by atoms with Crippen molar-refractivity contribution < 1.29 is 18.0 Å². The molecule has 168 valence electrons. The van der Waals surface area contributed by atoms with E-state index in [1.165, 1.54) is 12.1 Å². The topological polar surface area (TPSA) is 66.3 Å². The lowest BCUT2D eigenvalue weighted by Gasteiger charge is -2.36. The van der Waals surface area contributed by atoms with Gasteiger partial charge in [0.25, 0.3) is 0 Å². The van der Waals surface area contributed by atoms with Crippen molar-refractivity contribution in [2.75, 3.05) is 36.4 Å². The number of nitrogens with zero attached hydrogens (tertiary/aromatic N) is 5. The van der Waals surface area contributed by atoms with Gasteiger partial charge in [0.15, 0.2) is 5.82 Å². The monoisotopic (exact) mass is 444 g/mol. The van der Waals surface area contributed by atoms with Gasteiger partial charge >= 0.3 is 12.2 Å². The standard InChI is InChI=1S/C22H23F3N6O/c1-15-20(16(2)31(28-15)19-5-3-4-10-26-19)29-11-13-30(14-12-29)21(32)27-18-8-6-17(7-9-18)22(23,24)25/h3-10H,11-14H2,1-2H3,(H,27,32). The minimum atomic E-state index is -4.40. The second-order valence-corrected chi connectivity index (χ2v) is 7.60. The van der Waals surface area contributed by atoms with Crippen molar-refractivity contribution in [3.63, 3.8) is 0 Å². The first-order valence-corrected chi connectivity index (χ1v) is 10.2. The predicted octanol–water partition coefficient (Wildman–Crippen LogP) is 4.26. The fraction of sp³-hybridized carbons (Fsp3) is 0.318. The maximum Gasteiger partial charge on any atom is 0.416 e. The molecule has 1 aliphatic rings. The van der Waals surface area contributed by atoms with E-state index in [1.54, 1.807) is 11.1 Å². The predicted molar refractivity (Wildman–Crippen MR) is 115 cm³/mol. The average molecular weight is 444 g/mol. The molecule has 0 aliphatic carbocycles. The highest BCUT2D eigenvalue weighted by atomic mass is 19.4. The Morgan fingerprint density at radius 2 is 1.69 bits per heavy atom. The normalized spacial score (nSPS) is 14.5. The molecule has 0 bridgehead atoms. The largest absolute Gasteiger partial charge is 0.416 e. The molecule has 1 N–H and O–H groups in total. The summed E-state index contributed by atoms with van der Waals surface area (Å²) in [6, 6.07) is 9.76. The molecular weight excluding hydrogens is 421 g/mol. The number of hydrogen-bond donors (Lipinski definition) is 1. The molecule has 3 aromatic rings. The summed E-state index contributed by atoms with van der Waals surface area (Å²) in [4.78, 5) is 20.8. The van der Waals surface area contributed by atoms with Gasteiger partial charge in [-0.1, -0.05) is 6.07 Å². The third-order valence-electron chi connectivity index (χ3n) is 5.47. The Hall–Kier alpha value is -3.56. The van der Waals surface area contributed by atoms with Gasteiger partial charge in [-0.05, 0) is 50.2 Å². The third kappa shape index (κ3) is 4.39. The zero-order valence-electron chi connectivity index (χ0n) is 17.7. The van der Waals surface area contributed by atoms with Crippen molar-refractivity contribution in [1.29, 1.82) is 0 Å². The average Bonchev–Trinajstić information content (AvgIpc) is 3.08. The van der Waals surface area contributed by atoms with E-state index in [4.69, 9.17) is 0 Å². The van der Waals surface area contributed by atoms with Gasteiger partial charge in [0.05, 0.1) is 22.6 Å². The van der Waals surface area contributed by atoms with E-state index in [-0.39, 0.29) is 6.03 Å². The highest BCUT2D eigenvalue weighted by Crippen LogP contribution is 2.30. The van der Waals surface area contributed by atoms with Crippen molar-refractivity contribution in [2.45, 2.75) is 20.0 Å². The van der Waals surface area contributed by atoms with Gasteiger partial charge in [0, 0.05) is 38.1 Å². The van der Waals surface area contributed by atoms with Crippen molar-refractivity contribution in [2.24, 2.45) is 0 Å². The number of pyridine rings is 1. The van der Waals surface area contributed by atoms with Crippen LogP contribution >= 0.6 is 0 Å². The van der Waals surface area contributed by atoms with Gasteiger partial charge in [-0.25, -0.2) is 14.5 Å². The van der Waals surface area contributed by atoms with Crippen LogP contribution in [0.5, 0.6) is 0 Å². The summed E-state index contributed by atoms with van der Waals surface area (Å²) in [6.45, 7) is 6.16. The summed E-state index contributed by atoms with van der Waals surface area (Å²) in [5.41, 5.74) is 2.47. The molecule has 7 nitrogen and oxygen atoms in total. The Morgan fingerprint density at radius 3 is 2.28 bits per heavy atom. The van der Waals surface area contributed by atoms with Crippen LogP contribution in [0.25, 0.3) is 5.82 Å². The summed E-state index contributed by atoms with van der Waals surface area (Å²) >= 11 is 0. The Morgan fingerprint density at radius 1 is 1.00 bits per heavy atom. The van der Waals surface area contributed by atoms with Crippen LogP contribution in [0.15, 0.2) is 48.7 Å². The number of carbonyl (C=O) groups is 1. The van der Waals surface area contributed by atoms with E-state index in [0.717, 1.165) is 35.0 Å². The fourth-order valence-corrected chi connectivity index (χ4v) is 3.87. The first-order valence-electron chi connectivity index (χ1n) is 10.2. The molecule has 1 aliphatic heterocycles. The summed E-state index contributed by atoms with van der Waals surface area (Å²) in [5.74, 6) is 0.744. The molecule has 0 atom stereocenters. The van der Waals surface area contributed by atoms with Crippen molar-refractivity contribution in [3.8, 4) is 5.82 Å². The van der Waals surface area contributed by atoms with E-state index in [1.807, 2.05) is 36.7 Å². The third-order valence-corrected chi connectivity index (χ3v) is 5.47. The molecule has 1 aromatic carbocycles.